The molecule has 0 aromatic carbocycles. The lowest BCUT2D eigenvalue weighted by Crippen LogP contribution is -2.47. The number of nitrogens with one attached hydrogen (secondary N) is 1. The third-order valence-corrected chi connectivity index (χ3v) is 5.14. The quantitative estimate of drug-likeness (QED) is 0.534. The maximum atomic E-state index is 12.9. The molecule has 0 saturated carbocycles. The first-order chi connectivity index (χ1) is 13.5. The van der Waals surface area contributed by atoms with Crippen molar-refractivity contribution in [2.45, 2.75) is 44.8 Å². The van der Waals surface area contributed by atoms with Gasteiger partial charge in [0.15, 0.2) is 5.65 Å². The minimum absolute atomic E-state index is 0.0977. The van der Waals surface area contributed by atoms with Crippen molar-refractivity contribution in [3.05, 3.63) is 30.5 Å². The Bertz CT molecular complexity index is 823. The first kappa shape index (κ1) is 20.2. The maximum absolute atomic E-state index is 12.9. The highest BCUT2D eigenvalue weighted by Gasteiger charge is 2.36. The number of aliphatic hydroxyl groups excluding tert-OH is 1. The van der Waals surface area contributed by atoms with Crippen LogP contribution in [-0.4, -0.2) is 68.0 Å². The zero-order valence-corrected chi connectivity index (χ0v) is 16.1. The van der Waals surface area contributed by atoms with Crippen LogP contribution in [0.25, 0.3) is 5.65 Å². The van der Waals surface area contributed by atoms with Crippen LogP contribution in [0.2, 0.25) is 0 Å². The minimum Gasteiger partial charge on any atom is -0.391 e. The average Bonchev–Trinajstić information content (AvgIpc) is 3.26. The van der Waals surface area contributed by atoms with Crippen molar-refractivity contribution in [1.82, 2.24) is 24.6 Å². The number of fused-ring (bicyclic) bond motifs is 1. The van der Waals surface area contributed by atoms with E-state index in [1.807, 2.05) is 16.8 Å². The molecule has 1 aliphatic rings. The predicted octanol–water partition coefficient (Wildman–Crippen LogP) is -0.275. The maximum Gasteiger partial charge on any atom is 0.245 e. The van der Waals surface area contributed by atoms with E-state index in [0.29, 0.717) is 25.9 Å². The molecule has 2 aromatic heterocycles. The van der Waals surface area contributed by atoms with Gasteiger partial charge < -0.3 is 25.5 Å². The van der Waals surface area contributed by atoms with Crippen molar-refractivity contribution in [2.75, 3.05) is 19.6 Å². The number of aliphatic hydroxyl groups is 1. The topological polar surface area (TPSA) is 126 Å². The summed E-state index contributed by atoms with van der Waals surface area (Å²) < 4.78 is 1.89. The van der Waals surface area contributed by atoms with E-state index in [4.69, 9.17) is 5.73 Å². The van der Waals surface area contributed by atoms with Crippen molar-refractivity contribution in [1.29, 1.82) is 0 Å². The second-order valence-electron chi connectivity index (χ2n) is 7.38. The molecule has 3 atom stereocenters. The minimum atomic E-state index is -0.619. The van der Waals surface area contributed by atoms with Crippen molar-refractivity contribution in [3.8, 4) is 0 Å². The van der Waals surface area contributed by atoms with Gasteiger partial charge in [0.2, 0.25) is 11.8 Å². The fraction of sp³-hybridized carbons (Fsp3) is 0.579. The Labute approximate surface area is 163 Å². The predicted molar refractivity (Wildman–Crippen MR) is 103 cm³/mol. The van der Waals surface area contributed by atoms with Crippen LogP contribution in [-0.2, 0) is 16.0 Å². The molecule has 2 amide bonds. The molecule has 2 aromatic rings. The van der Waals surface area contributed by atoms with Gasteiger partial charge in [0.25, 0.3) is 0 Å². The zero-order valence-electron chi connectivity index (χ0n) is 16.1. The molecule has 0 aliphatic carbocycles. The third-order valence-electron chi connectivity index (χ3n) is 5.14. The van der Waals surface area contributed by atoms with Gasteiger partial charge in [0.05, 0.1) is 18.0 Å². The summed E-state index contributed by atoms with van der Waals surface area (Å²) in [7, 11) is 0. The average molecular weight is 388 g/mol. The van der Waals surface area contributed by atoms with E-state index in [1.54, 1.807) is 17.3 Å². The van der Waals surface area contributed by atoms with E-state index in [1.165, 1.54) is 6.92 Å². The van der Waals surface area contributed by atoms with E-state index in [0.717, 1.165) is 24.2 Å². The molecule has 0 bridgehead atoms. The first-order valence-corrected chi connectivity index (χ1v) is 9.69. The summed E-state index contributed by atoms with van der Waals surface area (Å²) in [5, 5.41) is 13.2. The van der Waals surface area contributed by atoms with Crippen LogP contribution in [0.5, 0.6) is 0 Å². The number of nitrogens with two attached hydrogens (primary N) is 1. The number of β-amino-alcohol motifs (C(OH)–C–C–N with tert-alkyl or cyclic N) is 1. The van der Waals surface area contributed by atoms with Crippen LogP contribution in [0.1, 0.15) is 31.9 Å². The van der Waals surface area contributed by atoms with E-state index >= 15 is 0 Å². The number of carbonyl (C=O) groups is 2. The number of likely N-dealkylation sites (tertiary alicyclic amines) is 1. The fourth-order valence-corrected chi connectivity index (χ4v) is 3.69. The Balaban J connectivity index is 1.63. The van der Waals surface area contributed by atoms with Crippen LogP contribution in [0.15, 0.2) is 24.8 Å². The van der Waals surface area contributed by atoms with Crippen molar-refractivity contribution in [3.63, 3.8) is 0 Å². The highest BCUT2D eigenvalue weighted by molar-refractivity contribution is 5.87. The van der Waals surface area contributed by atoms with Gasteiger partial charge in [-0.25, -0.2) is 4.98 Å². The fourth-order valence-electron chi connectivity index (χ4n) is 3.69. The van der Waals surface area contributed by atoms with E-state index in [9.17, 15) is 14.7 Å². The van der Waals surface area contributed by atoms with Crippen LogP contribution in [0, 0.1) is 5.92 Å². The molecule has 0 unspecified atom stereocenters. The van der Waals surface area contributed by atoms with Crippen molar-refractivity contribution < 1.29 is 14.7 Å². The zero-order chi connectivity index (χ0) is 20.1. The Morgan fingerprint density at radius 2 is 2.18 bits per heavy atom. The molecule has 4 N–H and O–H groups in total. The molecule has 152 valence electrons. The van der Waals surface area contributed by atoms with Crippen molar-refractivity contribution >= 4 is 17.5 Å². The lowest BCUT2D eigenvalue weighted by molar-refractivity contribution is -0.135. The summed E-state index contributed by atoms with van der Waals surface area (Å²) in [6.07, 6.45) is 9.21. The number of nitrogens with zero attached hydrogens (tertiary/aromatic N) is 4. The monoisotopic (exact) mass is 388 g/mol. The Morgan fingerprint density at radius 3 is 2.93 bits per heavy atom. The SMILES string of the molecule is CC(=O)N[C@@H](CCCCN)C(=O)N1C[C@H](Cc2cn3ccnc3cn2)[C@H](O)C1. The lowest BCUT2D eigenvalue weighted by Gasteiger charge is -2.24. The van der Waals surface area contributed by atoms with Gasteiger partial charge in [-0.05, 0) is 32.2 Å². The van der Waals surface area contributed by atoms with Gasteiger partial charge in [-0.1, -0.05) is 0 Å². The Kier molecular flexibility index (Phi) is 6.58. The molecular weight excluding hydrogens is 360 g/mol. The molecule has 9 heteroatoms. The molecule has 3 heterocycles. The van der Waals surface area contributed by atoms with Gasteiger partial charge in [-0.2, -0.15) is 0 Å². The highest BCUT2D eigenvalue weighted by atomic mass is 16.3. The van der Waals surface area contributed by atoms with Crippen molar-refractivity contribution in [2.24, 2.45) is 11.7 Å². The largest absolute Gasteiger partial charge is 0.391 e. The number of carbonyl (C=O) groups excluding carboxylic acids is 2. The van der Waals surface area contributed by atoms with Gasteiger partial charge in [0.1, 0.15) is 6.04 Å². The number of hydrogen-bond donors (Lipinski definition) is 3. The molecule has 1 aliphatic heterocycles. The molecule has 0 spiro atoms. The third kappa shape index (κ3) is 4.85. The highest BCUT2D eigenvalue weighted by Crippen LogP contribution is 2.22. The summed E-state index contributed by atoms with van der Waals surface area (Å²) in [5.41, 5.74) is 7.13. The normalized spacial score (nSPS) is 20.5. The second-order valence-corrected chi connectivity index (χ2v) is 7.38. The number of aromatic nitrogens is 3. The summed E-state index contributed by atoms with van der Waals surface area (Å²) in [6.45, 7) is 2.67. The molecule has 0 radical (unpaired) electrons. The second kappa shape index (κ2) is 9.11. The van der Waals surface area contributed by atoms with Gasteiger partial charge in [-0.15, -0.1) is 0 Å². The smallest absolute Gasteiger partial charge is 0.245 e. The summed E-state index contributed by atoms with van der Waals surface area (Å²) >= 11 is 0. The molecule has 1 saturated heterocycles. The lowest BCUT2D eigenvalue weighted by atomic mass is 10.0. The van der Waals surface area contributed by atoms with E-state index < -0.39 is 12.1 Å². The molecule has 3 rings (SSSR count). The number of amides is 2. The van der Waals surface area contributed by atoms with Crippen LogP contribution >= 0.6 is 0 Å². The number of rotatable bonds is 8. The number of imidazole rings is 1. The summed E-state index contributed by atoms with van der Waals surface area (Å²) in [5.74, 6) is -0.480. The van der Waals surface area contributed by atoms with Crippen LogP contribution in [0.3, 0.4) is 0 Å². The molecule has 9 nitrogen and oxygen atoms in total. The molecular formula is C19H28N6O3. The summed E-state index contributed by atoms with van der Waals surface area (Å²) in [6, 6.07) is -0.574. The molecule has 28 heavy (non-hydrogen) atoms. The van der Waals surface area contributed by atoms with E-state index in [2.05, 4.69) is 15.3 Å². The van der Waals surface area contributed by atoms with Crippen LogP contribution < -0.4 is 11.1 Å². The first-order valence-electron chi connectivity index (χ1n) is 9.69. The number of hydrogen-bond acceptors (Lipinski definition) is 6. The van der Waals surface area contributed by atoms with Crippen LogP contribution in [0.4, 0.5) is 0 Å². The molecule has 1 fully saturated rings. The van der Waals surface area contributed by atoms with E-state index in [-0.39, 0.29) is 24.3 Å². The van der Waals surface area contributed by atoms with Gasteiger partial charge in [-0.3, -0.25) is 14.6 Å². The van der Waals surface area contributed by atoms with Gasteiger partial charge >= 0.3 is 0 Å². The van der Waals surface area contributed by atoms with Gasteiger partial charge in [0, 0.05) is 44.5 Å². The standard InChI is InChI=1S/C19H28N6O3/c1-13(26)23-16(4-2-3-5-20)19(28)25-10-14(17(27)12-25)8-15-11-24-7-6-21-18(24)9-22-15/h6-7,9,11,14,16-17,27H,2-5,8,10,12,20H2,1H3,(H,23,26)/t14-,16-,17+/m0/s1. The Morgan fingerprint density at radius 1 is 1.36 bits per heavy atom. The number of unbranched alkanes of at least 4 members (excludes halogenated alkanes) is 1. The Hall–Kier alpha value is -2.52. The summed E-state index contributed by atoms with van der Waals surface area (Å²) in [4.78, 5) is 34.6.